The van der Waals surface area contributed by atoms with Crippen molar-refractivity contribution in [3.63, 3.8) is 0 Å². The number of rotatable bonds is 3. The van der Waals surface area contributed by atoms with Crippen LogP contribution in [0.15, 0.2) is 34.9 Å². The lowest BCUT2D eigenvalue weighted by Crippen LogP contribution is -2.50. The summed E-state index contributed by atoms with van der Waals surface area (Å²) < 4.78 is 5.33. The normalized spacial score (nSPS) is 19.0. The van der Waals surface area contributed by atoms with Crippen LogP contribution in [0.2, 0.25) is 0 Å². The first kappa shape index (κ1) is 15.2. The van der Waals surface area contributed by atoms with Crippen LogP contribution in [0.1, 0.15) is 25.7 Å². The lowest BCUT2D eigenvalue weighted by atomic mass is 10.1. The minimum absolute atomic E-state index is 0.268. The third-order valence-electron chi connectivity index (χ3n) is 5.04. The maximum atomic E-state index is 12.5. The largest absolute Gasteiger partial charge is 0.463 e. The van der Waals surface area contributed by atoms with Crippen LogP contribution in [-0.2, 0) is 4.79 Å². The molecule has 6 nitrogen and oxygen atoms in total. The smallest absolute Gasteiger partial charge is 0.225 e. The molecule has 0 unspecified atom stereocenters. The molecule has 2 fully saturated rings. The number of anilines is 1. The number of piperazine rings is 1. The van der Waals surface area contributed by atoms with Crippen molar-refractivity contribution >= 4 is 11.7 Å². The average molecular weight is 326 g/mol. The fourth-order valence-corrected chi connectivity index (χ4v) is 3.64. The summed E-state index contributed by atoms with van der Waals surface area (Å²) in [7, 11) is 0. The van der Waals surface area contributed by atoms with Crippen LogP contribution in [0.25, 0.3) is 11.5 Å². The second-order valence-electron chi connectivity index (χ2n) is 6.55. The molecule has 4 rings (SSSR count). The van der Waals surface area contributed by atoms with E-state index in [1.165, 1.54) is 12.8 Å². The van der Waals surface area contributed by atoms with Gasteiger partial charge in [-0.1, -0.05) is 12.8 Å². The number of amides is 1. The number of aromatic nitrogens is 2. The van der Waals surface area contributed by atoms with Gasteiger partial charge in [0.1, 0.15) is 5.69 Å². The monoisotopic (exact) mass is 326 g/mol. The Morgan fingerprint density at radius 3 is 2.46 bits per heavy atom. The van der Waals surface area contributed by atoms with E-state index >= 15 is 0 Å². The first-order valence-electron chi connectivity index (χ1n) is 8.72. The van der Waals surface area contributed by atoms with Crippen molar-refractivity contribution in [2.24, 2.45) is 5.92 Å². The Morgan fingerprint density at radius 2 is 1.83 bits per heavy atom. The van der Waals surface area contributed by atoms with Crippen molar-refractivity contribution in [2.45, 2.75) is 25.7 Å². The fourth-order valence-electron chi connectivity index (χ4n) is 3.64. The molecule has 126 valence electrons. The lowest BCUT2D eigenvalue weighted by molar-refractivity contribution is -0.135. The van der Waals surface area contributed by atoms with Gasteiger partial charge in [0.05, 0.1) is 6.26 Å². The van der Waals surface area contributed by atoms with Gasteiger partial charge in [0, 0.05) is 32.1 Å². The molecule has 2 aromatic rings. The van der Waals surface area contributed by atoms with Crippen LogP contribution in [0.5, 0.6) is 0 Å². The van der Waals surface area contributed by atoms with Gasteiger partial charge in [0.25, 0.3) is 0 Å². The van der Waals surface area contributed by atoms with Gasteiger partial charge in [0.15, 0.2) is 11.6 Å². The van der Waals surface area contributed by atoms with Gasteiger partial charge in [-0.2, -0.15) is 0 Å². The Hall–Kier alpha value is -2.37. The van der Waals surface area contributed by atoms with E-state index in [0.717, 1.165) is 56.3 Å². The minimum atomic E-state index is 0.268. The molecule has 0 N–H and O–H groups in total. The maximum absolute atomic E-state index is 12.5. The molecule has 1 saturated heterocycles. The molecular weight excluding hydrogens is 304 g/mol. The Morgan fingerprint density at radius 1 is 1.04 bits per heavy atom. The maximum Gasteiger partial charge on any atom is 0.225 e. The van der Waals surface area contributed by atoms with E-state index in [-0.39, 0.29) is 5.92 Å². The second kappa shape index (κ2) is 6.63. The van der Waals surface area contributed by atoms with Gasteiger partial charge in [-0.25, -0.2) is 0 Å². The Labute approximate surface area is 141 Å². The van der Waals surface area contributed by atoms with Crippen molar-refractivity contribution in [1.82, 2.24) is 15.1 Å². The molecule has 0 radical (unpaired) electrons. The average Bonchev–Trinajstić information content (AvgIpc) is 3.35. The first-order valence-corrected chi connectivity index (χ1v) is 8.72. The van der Waals surface area contributed by atoms with Crippen molar-refractivity contribution in [3.05, 3.63) is 30.5 Å². The zero-order chi connectivity index (χ0) is 16.4. The highest BCUT2D eigenvalue weighted by Crippen LogP contribution is 2.27. The van der Waals surface area contributed by atoms with Crippen LogP contribution in [-0.4, -0.2) is 47.2 Å². The predicted octanol–water partition coefficient (Wildman–Crippen LogP) is 2.58. The fraction of sp³-hybridized carbons (Fsp3) is 0.500. The van der Waals surface area contributed by atoms with Gasteiger partial charge in [-0.15, -0.1) is 10.2 Å². The SMILES string of the molecule is O=C(C1CCCC1)N1CCN(c2ccc(-c3ccco3)nn2)CC1. The molecule has 1 amide bonds. The van der Waals surface area contributed by atoms with E-state index in [2.05, 4.69) is 15.1 Å². The number of carbonyl (C=O) groups excluding carboxylic acids is 1. The molecule has 0 spiro atoms. The summed E-state index contributed by atoms with van der Waals surface area (Å²) in [6, 6.07) is 7.61. The van der Waals surface area contributed by atoms with Crippen LogP contribution < -0.4 is 4.90 Å². The topological polar surface area (TPSA) is 62.5 Å². The van der Waals surface area contributed by atoms with Gasteiger partial charge >= 0.3 is 0 Å². The molecule has 2 aliphatic rings. The quantitative estimate of drug-likeness (QED) is 0.867. The molecule has 0 aromatic carbocycles. The molecule has 0 bridgehead atoms. The third-order valence-corrected chi connectivity index (χ3v) is 5.04. The van der Waals surface area contributed by atoms with Crippen molar-refractivity contribution in [1.29, 1.82) is 0 Å². The summed E-state index contributed by atoms with van der Waals surface area (Å²) in [6.45, 7) is 3.17. The molecule has 2 aromatic heterocycles. The van der Waals surface area contributed by atoms with Crippen LogP contribution >= 0.6 is 0 Å². The number of carbonyl (C=O) groups is 1. The molecule has 6 heteroatoms. The zero-order valence-electron chi connectivity index (χ0n) is 13.7. The molecule has 1 saturated carbocycles. The van der Waals surface area contributed by atoms with Crippen molar-refractivity contribution in [3.8, 4) is 11.5 Å². The highest BCUT2D eigenvalue weighted by Gasteiger charge is 2.29. The number of furan rings is 1. The Balaban J connectivity index is 1.36. The summed E-state index contributed by atoms with van der Waals surface area (Å²) in [6.07, 6.45) is 6.17. The molecule has 1 aliphatic carbocycles. The zero-order valence-corrected chi connectivity index (χ0v) is 13.7. The molecular formula is C18H22N4O2. The number of hydrogen-bond acceptors (Lipinski definition) is 5. The van der Waals surface area contributed by atoms with Crippen molar-refractivity contribution < 1.29 is 9.21 Å². The summed E-state index contributed by atoms with van der Waals surface area (Å²) in [5, 5.41) is 8.57. The summed E-state index contributed by atoms with van der Waals surface area (Å²) in [5.41, 5.74) is 0.735. The van der Waals surface area contributed by atoms with Gasteiger partial charge in [-0.05, 0) is 37.1 Å². The Bertz CT molecular complexity index is 670. The number of nitrogens with zero attached hydrogens (tertiary/aromatic N) is 4. The first-order chi connectivity index (χ1) is 11.8. The predicted molar refractivity (Wildman–Crippen MR) is 90.5 cm³/mol. The van der Waals surface area contributed by atoms with Crippen molar-refractivity contribution in [2.75, 3.05) is 31.1 Å². The summed E-state index contributed by atoms with van der Waals surface area (Å²) in [4.78, 5) is 16.7. The van der Waals surface area contributed by atoms with E-state index in [1.807, 2.05) is 29.2 Å². The van der Waals surface area contributed by atoms with Gasteiger partial charge in [-0.3, -0.25) is 4.79 Å². The Kier molecular flexibility index (Phi) is 4.19. The van der Waals surface area contributed by atoms with E-state index in [4.69, 9.17) is 4.42 Å². The number of hydrogen-bond donors (Lipinski definition) is 0. The van der Waals surface area contributed by atoms with E-state index < -0.39 is 0 Å². The van der Waals surface area contributed by atoms with E-state index in [0.29, 0.717) is 5.91 Å². The van der Waals surface area contributed by atoms with Crippen LogP contribution in [0.4, 0.5) is 5.82 Å². The lowest BCUT2D eigenvalue weighted by Gasteiger charge is -2.36. The van der Waals surface area contributed by atoms with Gasteiger partial charge < -0.3 is 14.2 Å². The van der Waals surface area contributed by atoms with Gasteiger partial charge in [0.2, 0.25) is 5.91 Å². The standard InChI is InChI=1S/C18H22N4O2/c23-18(14-4-1-2-5-14)22-11-9-21(10-12-22)17-8-7-15(19-20-17)16-6-3-13-24-16/h3,6-8,13-14H,1-2,4-5,9-12H2. The third kappa shape index (κ3) is 3.00. The van der Waals surface area contributed by atoms with E-state index in [9.17, 15) is 4.79 Å². The summed E-state index contributed by atoms with van der Waals surface area (Å²) >= 11 is 0. The van der Waals surface area contributed by atoms with E-state index in [1.54, 1.807) is 6.26 Å². The highest BCUT2D eigenvalue weighted by molar-refractivity contribution is 5.79. The molecule has 1 aliphatic heterocycles. The van der Waals surface area contributed by atoms with Crippen LogP contribution in [0, 0.1) is 5.92 Å². The molecule has 24 heavy (non-hydrogen) atoms. The molecule has 3 heterocycles. The minimum Gasteiger partial charge on any atom is -0.463 e. The van der Waals surface area contributed by atoms with Crippen LogP contribution in [0.3, 0.4) is 0 Å². The molecule has 0 atom stereocenters. The second-order valence-corrected chi connectivity index (χ2v) is 6.55. The summed E-state index contributed by atoms with van der Waals surface area (Å²) in [5.74, 6) is 2.20. The highest BCUT2D eigenvalue weighted by atomic mass is 16.3.